The van der Waals surface area contributed by atoms with E-state index in [2.05, 4.69) is 4.68 Å². The Bertz CT molecular complexity index is 760. The molecule has 0 aromatic carbocycles. The number of rotatable bonds is 3. The molecule has 1 unspecified atom stereocenters. The van der Waals surface area contributed by atoms with Crippen molar-refractivity contribution in [3.05, 3.63) is 16.6 Å². The molecule has 1 aliphatic carbocycles. The number of carbonyl (C=O) groups excluding carboxylic acids is 1. The van der Waals surface area contributed by atoms with Crippen molar-refractivity contribution < 1.29 is 9.90 Å². The van der Waals surface area contributed by atoms with Crippen LogP contribution >= 0.6 is 11.3 Å². The molecule has 6 heteroatoms. The number of carbonyl (C=O) groups is 1. The quantitative estimate of drug-likeness (QED) is 0.906. The lowest BCUT2D eigenvalue weighted by atomic mass is 9.96. The smallest absolute Gasteiger partial charge is 0.264 e. The Balaban J connectivity index is 1.61. The summed E-state index contributed by atoms with van der Waals surface area (Å²) in [4.78, 5) is 16.8. The van der Waals surface area contributed by atoms with Crippen LogP contribution in [0.5, 0.6) is 0 Å². The maximum Gasteiger partial charge on any atom is 0.264 e. The number of nitrogens with zero attached hydrogens (tertiary/aromatic N) is 3. The predicted molar refractivity (Wildman–Crippen MR) is 100 cm³/mol. The first-order valence-corrected chi connectivity index (χ1v) is 10.4. The number of amides is 1. The number of aryl methyl sites for hydroxylation is 1. The Morgan fingerprint density at radius 3 is 2.84 bits per heavy atom. The molecule has 0 spiro atoms. The highest BCUT2D eigenvalue weighted by Gasteiger charge is 2.27. The fourth-order valence-corrected chi connectivity index (χ4v) is 5.51. The third-order valence-electron chi connectivity index (χ3n) is 5.76. The number of fused-ring (bicyclic) bond motifs is 1. The van der Waals surface area contributed by atoms with Crippen LogP contribution in [0.15, 0.2) is 6.07 Å². The zero-order valence-corrected chi connectivity index (χ0v) is 15.7. The van der Waals surface area contributed by atoms with E-state index in [1.165, 1.54) is 32.1 Å². The van der Waals surface area contributed by atoms with Gasteiger partial charge in [-0.3, -0.25) is 9.48 Å². The molecule has 25 heavy (non-hydrogen) atoms. The van der Waals surface area contributed by atoms with Crippen LogP contribution < -0.4 is 0 Å². The number of aliphatic hydroxyl groups excluding tert-OH is 1. The van der Waals surface area contributed by atoms with E-state index in [1.54, 1.807) is 11.3 Å². The van der Waals surface area contributed by atoms with Crippen molar-refractivity contribution in [1.82, 2.24) is 14.7 Å². The van der Waals surface area contributed by atoms with Crippen molar-refractivity contribution in [3.8, 4) is 0 Å². The molecule has 1 aliphatic heterocycles. The third-order valence-corrected chi connectivity index (χ3v) is 6.88. The molecule has 0 bridgehead atoms. The molecule has 2 aromatic heterocycles. The fraction of sp³-hybridized carbons (Fsp3) is 0.684. The summed E-state index contributed by atoms with van der Waals surface area (Å²) in [5.74, 6) is 0.348. The molecule has 1 N–H and O–H groups in total. The number of likely N-dealkylation sites (tertiary alicyclic amines) is 1. The molecular weight excluding hydrogens is 334 g/mol. The second-order valence-electron chi connectivity index (χ2n) is 7.59. The van der Waals surface area contributed by atoms with Gasteiger partial charge in [-0.05, 0) is 44.6 Å². The molecule has 2 fully saturated rings. The summed E-state index contributed by atoms with van der Waals surface area (Å²) in [6.45, 7) is 3.70. The number of aromatic nitrogens is 2. The van der Waals surface area contributed by atoms with Gasteiger partial charge in [-0.2, -0.15) is 5.10 Å². The minimum atomic E-state index is 0.119. The largest absolute Gasteiger partial charge is 0.396 e. The van der Waals surface area contributed by atoms with Gasteiger partial charge in [0.25, 0.3) is 5.91 Å². The lowest BCUT2D eigenvalue weighted by Crippen LogP contribution is -2.40. The summed E-state index contributed by atoms with van der Waals surface area (Å²) < 4.78 is 2.19. The van der Waals surface area contributed by atoms with E-state index >= 15 is 0 Å². The van der Waals surface area contributed by atoms with Gasteiger partial charge in [0.15, 0.2) is 0 Å². The van der Waals surface area contributed by atoms with Crippen LogP contribution in [0.3, 0.4) is 0 Å². The van der Waals surface area contributed by atoms with E-state index in [4.69, 9.17) is 5.10 Å². The zero-order chi connectivity index (χ0) is 17.4. The molecule has 2 aliphatic rings. The lowest BCUT2D eigenvalue weighted by Gasteiger charge is -2.31. The average Bonchev–Trinajstić information content (AvgIpc) is 3.22. The van der Waals surface area contributed by atoms with Gasteiger partial charge in [0.2, 0.25) is 0 Å². The van der Waals surface area contributed by atoms with Crippen LogP contribution in [-0.2, 0) is 0 Å². The van der Waals surface area contributed by atoms with Crippen molar-refractivity contribution in [3.63, 3.8) is 0 Å². The Morgan fingerprint density at radius 2 is 2.08 bits per heavy atom. The first-order chi connectivity index (χ1) is 12.2. The van der Waals surface area contributed by atoms with Crippen molar-refractivity contribution in [1.29, 1.82) is 0 Å². The summed E-state index contributed by atoms with van der Waals surface area (Å²) in [5.41, 5.74) is 1.03. The minimum absolute atomic E-state index is 0.119. The monoisotopic (exact) mass is 361 g/mol. The molecular formula is C19H27N3O2S. The van der Waals surface area contributed by atoms with E-state index in [1.807, 2.05) is 17.9 Å². The summed E-state index contributed by atoms with van der Waals surface area (Å²) in [5, 5.41) is 15.3. The van der Waals surface area contributed by atoms with E-state index < -0.39 is 0 Å². The van der Waals surface area contributed by atoms with Gasteiger partial charge in [-0.25, -0.2) is 0 Å². The van der Waals surface area contributed by atoms with Crippen LogP contribution in [0.4, 0.5) is 0 Å². The maximum absolute atomic E-state index is 13.0. The first kappa shape index (κ1) is 17.0. The highest BCUT2D eigenvalue weighted by atomic mass is 32.1. The van der Waals surface area contributed by atoms with Crippen molar-refractivity contribution in [2.24, 2.45) is 5.92 Å². The van der Waals surface area contributed by atoms with Gasteiger partial charge in [0.05, 0.1) is 16.6 Å². The Kier molecular flexibility index (Phi) is 4.82. The fourth-order valence-electron chi connectivity index (χ4n) is 4.30. The van der Waals surface area contributed by atoms with Crippen LogP contribution in [0.2, 0.25) is 0 Å². The van der Waals surface area contributed by atoms with E-state index in [0.717, 1.165) is 40.2 Å². The molecule has 4 rings (SSSR count). The normalized spacial score (nSPS) is 22.6. The number of hydrogen-bond acceptors (Lipinski definition) is 4. The van der Waals surface area contributed by atoms with Crippen LogP contribution in [0, 0.1) is 12.8 Å². The lowest BCUT2D eigenvalue weighted by molar-refractivity contribution is 0.0625. The molecule has 1 saturated carbocycles. The van der Waals surface area contributed by atoms with Crippen LogP contribution in [0.1, 0.15) is 66.4 Å². The second kappa shape index (κ2) is 7.08. The molecule has 2 aromatic rings. The van der Waals surface area contributed by atoms with Gasteiger partial charge >= 0.3 is 0 Å². The van der Waals surface area contributed by atoms with Crippen molar-refractivity contribution >= 4 is 27.5 Å². The topological polar surface area (TPSA) is 58.4 Å². The molecule has 1 atom stereocenters. The van der Waals surface area contributed by atoms with Gasteiger partial charge < -0.3 is 10.0 Å². The van der Waals surface area contributed by atoms with E-state index in [0.29, 0.717) is 12.6 Å². The molecule has 1 saturated heterocycles. The molecule has 0 radical (unpaired) electrons. The van der Waals surface area contributed by atoms with Crippen LogP contribution in [0.25, 0.3) is 10.2 Å². The number of thiophene rings is 1. The molecule has 3 heterocycles. The van der Waals surface area contributed by atoms with E-state index in [-0.39, 0.29) is 18.4 Å². The number of piperidine rings is 1. The van der Waals surface area contributed by atoms with Gasteiger partial charge in [0, 0.05) is 25.1 Å². The van der Waals surface area contributed by atoms with Crippen molar-refractivity contribution in [2.45, 2.75) is 57.9 Å². The zero-order valence-electron chi connectivity index (χ0n) is 14.9. The summed E-state index contributed by atoms with van der Waals surface area (Å²) in [6.07, 6.45) is 8.27. The Labute approximate surface area is 152 Å². The second-order valence-corrected chi connectivity index (χ2v) is 8.62. The highest BCUT2D eigenvalue weighted by Crippen LogP contribution is 2.36. The van der Waals surface area contributed by atoms with Crippen molar-refractivity contribution in [2.75, 3.05) is 19.7 Å². The average molecular weight is 362 g/mol. The maximum atomic E-state index is 13.0. The number of hydrogen-bond donors (Lipinski definition) is 1. The Morgan fingerprint density at radius 1 is 1.28 bits per heavy atom. The summed E-state index contributed by atoms with van der Waals surface area (Å²) in [6, 6.07) is 2.52. The number of aliphatic hydroxyl groups is 1. The van der Waals surface area contributed by atoms with Gasteiger partial charge in [-0.15, -0.1) is 11.3 Å². The molecule has 136 valence electrons. The van der Waals surface area contributed by atoms with E-state index in [9.17, 15) is 9.90 Å². The summed E-state index contributed by atoms with van der Waals surface area (Å²) >= 11 is 1.60. The highest BCUT2D eigenvalue weighted by molar-refractivity contribution is 7.20. The van der Waals surface area contributed by atoms with Crippen LogP contribution in [-0.4, -0.2) is 45.4 Å². The molecule has 1 amide bonds. The standard InChI is InChI=1S/C19H27N3O2S/c1-13-16-10-17(18(24)21-9-5-6-14(11-21)12-23)25-19(16)22(20-13)15-7-3-2-4-8-15/h10,14-15,23H,2-9,11-12H2,1H3. The molecule has 5 nitrogen and oxygen atoms in total. The third kappa shape index (κ3) is 3.22. The predicted octanol–water partition coefficient (Wildman–Crippen LogP) is 3.76. The van der Waals surface area contributed by atoms with Gasteiger partial charge in [0.1, 0.15) is 4.83 Å². The minimum Gasteiger partial charge on any atom is -0.396 e. The SMILES string of the molecule is Cc1nn(C2CCCCC2)c2sc(C(=O)N3CCCC(CO)C3)cc12. The first-order valence-electron chi connectivity index (χ1n) is 9.56. The van der Waals surface area contributed by atoms with Gasteiger partial charge in [-0.1, -0.05) is 19.3 Å². The summed E-state index contributed by atoms with van der Waals surface area (Å²) in [7, 11) is 0. The Hall–Kier alpha value is -1.40.